The van der Waals surface area contributed by atoms with Crippen molar-refractivity contribution in [3.05, 3.63) is 0 Å². The Morgan fingerprint density at radius 2 is 1.33 bits per heavy atom. The van der Waals surface area contributed by atoms with E-state index < -0.39 is 127 Å². The lowest BCUT2D eigenvalue weighted by molar-refractivity contribution is -0.142. The van der Waals surface area contributed by atoms with Crippen LogP contribution in [0.3, 0.4) is 0 Å². The van der Waals surface area contributed by atoms with Crippen LogP contribution in [0.15, 0.2) is 4.99 Å². The fourth-order valence-corrected chi connectivity index (χ4v) is 5.83. The van der Waals surface area contributed by atoms with E-state index in [9.17, 15) is 58.2 Å². The van der Waals surface area contributed by atoms with Crippen molar-refractivity contribution < 1.29 is 58.2 Å². The highest BCUT2D eigenvalue weighted by Crippen LogP contribution is 2.19. The highest BCUT2D eigenvalue weighted by molar-refractivity contribution is 5.97. The molecule has 0 aromatic carbocycles. The van der Waals surface area contributed by atoms with Gasteiger partial charge in [0, 0.05) is 13.1 Å². The molecule has 0 aromatic rings. The summed E-state index contributed by atoms with van der Waals surface area (Å²) in [5, 5.41) is 35.9. The summed E-state index contributed by atoms with van der Waals surface area (Å²) in [4.78, 5) is 131. The molecule has 8 unspecified atom stereocenters. The maximum Gasteiger partial charge on any atom is 0.326 e. The lowest BCUT2D eigenvalue weighted by Crippen LogP contribution is -2.58. The van der Waals surface area contributed by atoms with Crippen LogP contribution in [0.4, 0.5) is 0 Å². The maximum absolute atomic E-state index is 13.1. The molecule has 25 heteroatoms. The minimum absolute atomic E-state index is 0.0677. The van der Waals surface area contributed by atoms with Crippen molar-refractivity contribution in [1.82, 2.24) is 42.1 Å². The van der Waals surface area contributed by atoms with E-state index in [0.717, 1.165) is 0 Å². The normalized spacial score (nSPS) is 16.9. The Morgan fingerprint density at radius 3 is 1.87 bits per heavy atom. The Balaban J connectivity index is 2.78. The molecule has 1 aliphatic heterocycles. The van der Waals surface area contributed by atoms with Crippen molar-refractivity contribution in [2.75, 3.05) is 26.2 Å². The molecular formula is C35H61N13O12. The summed E-state index contributed by atoms with van der Waals surface area (Å²) in [6, 6.07) is -8.77. The molecule has 0 spiro atoms. The van der Waals surface area contributed by atoms with Gasteiger partial charge in [0.05, 0.1) is 31.7 Å². The molecule has 25 nitrogen and oxygen atoms in total. The Bertz CT molecular complexity index is 1600. The Morgan fingerprint density at radius 1 is 0.750 bits per heavy atom. The van der Waals surface area contributed by atoms with Crippen LogP contribution < -0.4 is 60.2 Å². The van der Waals surface area contributed by atoms with Crippen molar-refractivity contribution in [3.63, 3.8) is 0 Å². The Labute approximate surface area is 346 Å². The summed E-state index contributed by atoms with van der Waals surface area (Å²) in [6.07, 6.45) is -1.03. The molecule has 0 aromatic heterocycles. The van der Waals surface area contributed by atoms with E-state index in [-0.39, 0.29) is 37.7 Å². The van der Waals surface area contributed by atoms with Crippen LogP contribution >= 0.6 is 0 Å². The van der Waals surface area contributed by atoms with Crippen molar-refractivity contribution >= 4 is 65.1 Å². The number of hydrogen-bond acceptors (Lipinski definition) is 13. The van der Waals surface area contributed by atoms with E-state index in [1.165, 1.54) is 25.7 Å². The minimum Gasteiger partial charge on any atom is -0.480 e. The summed E-state index contributed by atoms with van der Waals surface area (Å²) in [7, 11) is 0. The maximum atomic E-state index is 13.1. The quantitative estimate of drug-likeness (QED) is 0.0231. The molecule has 17 N–H and O–H groups in total. The van der Waals surface area contributed by atoms with Crippen molar-refractivity contribution in [2.45, 2.75) is 122 Å². The number of aliphatic hydroxyl groups excluding tert-OH is 1. The van der Waals surface area contributed by atoms with E-state index in [0.29, 0.717) is 19.4 Å². The average molecular weight is 856 g/mol. The average Bonchev–Trinajstić information content (AvgIpc) is 3.64. The molecule has 0 aliphatic carbocycles. The van der Waals surface area contributed by atoms with Crippen LogP contribution in [-0.2, 0) is 47.9 Å². The number of aliphatic hydroxyl groups is 1. The van der Waals surface area contributed by atoms with Gasteiger partial charge in [-0.1, -0.05) is 13.8 Å². The molecule has 0 radical (unpaired) electrons. The van der Waals surface area contributed by atoms with E-state index in [4.69, 9.17) is 22.9 Å². The van der Waals surface area contributed by atoms with Gasteiger partial charge in [-0.15, -0.1) is 0 Å². The predicted octanol–water partition coefficient (Wildman–Crippen LogP) is -6.56. The molecule has 8 atom stereocenters. The van der Waals surface area contributed by atoms with Gasteiger partial charge in [-0.05, 0) is 58.8 Å². The number of amides is 9. The Hall–Kier alpha value is -6.11. The first kappa shape index (κ1) is 51.9. The summed E-state index contributed by atoms with van der Waals surface area (Å²) in [5.41, 5.74) is 21.4. The number of aliphatic carboxylic acids is 1. The van der Waals surface area contributed by atoms with Crippen LogP contribution in [0.1, 0.15) is 73.1 Å². The molecule has 0 bridgehead atoms. The molecule has 1 heterocycles. The third kappa shape index (κ3) is 18.6. The number of likely N-dealkylation sites (tertiary alicyclic amines) is 1. The van der Waals surface area contributed by atoms with E-state index >= 15 is 0 Å². The van der Waals surface area contributed by atoms with Gasteiger partial charge in [0.1, 0.15) is 36.3 Å². The number of nitrogens with zero attached hydrogens (tertiary/aromatic N) is 2. The zero-order valence-electron chi connectivity index (χ0n) is 34.4. The number of carbonyl (C=O) groups excluding carboxylic acids is 9. The van der Waals surface area contributed by atoms with E-state index in [1.54, 1.807) is 0 Å². The van der Waals surface area contributed by atoms with Gasteiger partial charge in [-0.3, -0.25) is 48.1 Å². The van der Waals surface area contributed by atoms with Crippen LogP contribution in [0, 0.1) is 5.92 Å². The van der Waals surface area contributed by atoms with Crippen molar-refractivity contribution in [3.8, 4) is 0 Å². The van der Waals surface area contributed by atoms with Gasteiger partial charge < -0.3 is 75.3 Å². The third-order valence-electron chi connectivity index (χ3n) is 8.86. The second kappa shape index (κ2) is 25.4. The van der Waals surface area contributed by atoms with Crippen LogP contribution in [-0.4, -0.2) is 155 Å². The molecule has 60 heavy (non-hydrogen) atoms. The van der Waals surface area contributed by atoms with Crippen LogP contribution in [0.5, 0.6) is 0 Å². The summed E-state index contributed by atoms with van der Waals surface area (Å²) < 4.78 is 0. The number of carboxylic acid groups (broad SMARTS) is 1. The first-order chi connectivity index (χ1) is 27.9. The number of carbonyl (C=O) groups is 10. The third-order valence-corrected chi connectivity index (χ3v) is 8.86. The minimum atomic E-state index is -1.63. The predicted molar refractivity (Wildman–Crippen MR) is 212 cm³/mol. The largest absolute Gasteiger partial charge is 0.480 e. The molecule has 1 fully saturated rings. The fraction of sp³-hybridized carbons (Fsp3) is 0.686. The molecule has 0 saturated carbocycles. The van der Waals surface area contributed by atoms with Crippen molar-refractivity contribution in [1.29, 1.82) is 0 Å². The van der Waals surface area contributed by atoms with Crippen LogP contribution in [0.25, 0.3) is 0 Å². The highest BCUT2D eigenvalue weighted by atomic mass is 16.4. The number of nitrogens with one attached hydrogen (secondary N) is 7. The van der Waals surface area contributed by atoms with Gasteiger partial charge in [0.25, 0.3) is 0 Å². The van der Waals surface area contributed by atoms with E-state index in [2.05, 4.69) is 42.2 Å². The molecular weight excluding hydrogens is 794 g/mol. The van der Waals surface area contributed by atoms with Gasteiger partial charge >= 0.3 is 5.97 Å². The molecule has 1 saturated heterocycles. The highest BCUT2D eigenvalue weighted by Gasteiger charge is 2.37. The number of nitrogens with two attached hydrogens (primary N) is 4. The number of aliphatic imine (C=N–C) groups is 1. The molecule has 9 amide bonds. The number of rotatable bonds is 25. The van der Waals surface area contributed by atoms with Crippen molar-refractivity contribution in [2.24, 2.45) is 33.8 Å². The number of guanidine groups is 1. The lowest BCUT2D eigenvalue weighted by Gasteiger charge is -2.28. The molecule has 338 valence electrons. The second-order valence-corrected chi connectivity index (χ2v) is 14.8. The first-order valence-corrected chi connectivity index (χ1v) is 19.3. The first-order valence-electron chi connectivity index (χ1n) is 19.3. The monoisotopic (exact) mass is 855 g/mol. The van der Waals surface area contributed by atoms with Gasteiger partial charge in [-0.2, -0.15) is 0 Å². The number of hydrogen-bond donors (Lipinski definition) is 13. The lowest BCUT2D eigenvalue weighted by atomic mass is 10.0. The van der Waals surface area contributed by atoms with Gasteiger partial charge in [-0.25, -0.2) is 4.79 Å². The SMILES string of the molecule is CC(C)CC(NC(=O)C1CCCN1C(=O)C(C)N)C(=O)NCC(=O)NC(C(=O)NCC(=O)NC(C)C(=O)NC(CC(N)=O)C(=O)NC(CCCN=C(N)N)C(=O)O)C(C)O. The standard InChI is InChI=1S/C35H61N13O12/c1-16(2)12-21(46-31(56)23-9-7-11-48(23)33(58)17(3)36)29(54)41-15-26(52)47-27(19(5)49)32(57)42-14-25(51)43-18(4)28(53)45-22(13-24(37)50)30(55)44-20(34(59)60)8-6-10-40-35(38)39/h16-23,27,49H,6-15,36H2,1-5H3,(H2,37,50)(H,41,54)(H,42,57)(H,43,51)(H,44,55)(H,45,53)(H,46,56)(H,47,52)(H,59,60)(H4,38,39,40). The van der Waals surface area contributed by atoms with E-state index in [1.807, 2.05) is 13.8 Å². The number of primary amides is 1. The molecule has 1 rings (SSSR count). The molecule has 1 aliphatic rings. The van der Waals surface area contributed by atoms with Gasteiger partial charge in [0.15, 0.2) is 5.96 Å². The second-order valence-electron chi connectivity index (χ2n) is 14.8. The summed E-state index contributed by atoms with van der Waals surface area (Å²) >= 11 is 0. The Kier molecular flexibility index (Phi) is 22.0. The fourth-order valence-electron chi connectivity index (χ4n) is 5.83. The zero-order chi connectivity index (χ0) is 45.9. The smallest absolute Gasteiger partial charge is 0.326 e. The van der Waals surface area contributed by atoms with Crippen LogP contribution in [0.2, 0.25) is 0 Å². The number of carboxylic acids is 1. The summed E-state index contributed by atoms with van der Waals surface area (Å²) in [5.74, 6) is -9.28. The van der Waals surface area contributed by atoms with Gasteiger partial charge in [0.2, 0.25) is 53.2 Å². The topological polar surface area (TPSA) is 415 Å². The summed E-state index contributed by atoms with van der Waals surface area (Å²) in [6.45, 7) is 6.49. The zero-order valence-corrected chi connectivity index (χ0v) is 34.4.